The number of carbonyl (C=O) groups is 1. The van der Waals surface area contributed by atoms with E-state index < -0.39 is 0 Å². The summed E-state index contributed by atoms with van der Waals surface area (Å²) in [4.78, 5) is 15.7. The van der Waals surface area contributed by atoms with Gasteiger partial charge in [-0.3, -0.25) is 4.79 Å². The molecule has 0 saturated heterocycles. The van der Waals surface area contributed by atoms with Crippen LogP contribution in [0.15, 0.2) is 24.7 Å². The second kappa shape index (κ2) is 5.73. The van der Waals surface area contributed by atoms with Crippen LogP contribution >= 0.6 is 0 Å². The van der Waals surface area contributed by atoms with E-state index in [-0.39, 0.29) is 11.6 Å². The number of nitriles is 1. The van der Waals surface area contributed by atoms with Gasteiger partial charge < -0.3 is 9.88 Å². The van der Waals surface area contributed by atoms with Gasteiger partial charge >= 0.3 is 0 Å². The lowest BCUT2D eigenvalue weighted by Gasteiger charge is -2.04. The summed E-state index contributed by atoms with van der Waals surface area (Å²) >= 11 is 0. The zero-order valence-electron chi connectivity index (χ0n) is 10.4. The van der Waals surface area contributed by atoms with Crippen LogP contribution in [0.1, 0.15) is 21.9 Å². The highest BCUT2D eigenvalue weighted by Gasteiger charge is 2.07. The molecule has 0 radical (unpaired) electrons. The maximum absolute atomic E-state index is 11.8. The topological polar surface area (TPSA) is 96.5 Å². The van der Waals surface area contributed by atoms with Crippen LogP contribution in [0.2, 0.25) is 0 Å². The molecule has 1 N–H and O–H groups in total. The number of amides is 1. The third-order valence-electron chi connectivity index (χ3n) is 2.56. The van der Waals surface area contributed by atoms with E-state index in [9.17, 15) is 4.79 Å². The van der Waals surface area contributed by atoms with Crippen molar-refractivity contribution in [2.75, 3.05) is 6.54 Å². The molecule has 2 heterocycles. The molecule has 2 aromatic rings. The smallest absolute Gasteiger partial charge is 0.269 e. The Balaban J connectivity index is 1.87. The first-order valence-electron chi connectivity index (χ1n) is 5.68. The van der Waals surface area contributed by atoms with Crippen molar-refractivity contribution in [3.05, 3.63) is 41.7 Å². The zero-order valence-corrected chi connectivity index (χ0v) is 10.4. The molecular formula is C12H12N6O. The zero-order chi connectivity index (χ0) is 13.7. The van der Waals surface area contributed by atoms with Crippen molar-refractivity contribution in [3.8, 4) is 6.07 Å². The summed E-state index contributed by atoms with van der Waals surface area (Å²) in [6.45, 7) is 0.451. The van der Waals surface area contributed by atoms with Crippen molar-refractivity contribution in [1.82, 2.24) is 25.1 Å². The number of carbonyl (C=O) groups excluding carboxylic acids is 1. The summed E-state index contributed by atoms with van der Waals surface area (Å²) in [6.07, 6.45) is 3.58. The largest absolute Gasteiger partial charge is 0.350 e. The van der Waals surface area contributed by atoms with E-state index >= 15 is 0 Å². The van der Waals surface area contributed by atoms with Gasteiger partial charge in [-0.1, -0.05) is 0 Å². The quantitative estimate of drug-likeness (QED) is 0.834. The fourth-order valence-electron chi connectivity index (χ4n) is 1.51. The molecular weight excluding hydrogens is 244 g/mol. The number of rotatable bonds is 4. The van der Waals surface area contributed by atoms with Crippen molar-refractivity contribution in [3.63, 3.8) is 0 Å². The highest BCUT2D eigenvalue weighted by molar-refractivity contribution is 5.92. The minimum atomic E-state index is -0.272. The molecule has 0 aliphatic heterocycles. The Hall–Kier alpha value is -2.75. The average Bonchev–Trinajstić information content (AvgIpc) is 2.84. The molecule has 0 atom stereocenters. The van der Waals surface area contributed by atoms with Gasteiger partial charge in [0.25, 0.3) is 5.91 Å². The van der Waals surface area contributed by atoms with Crippen molar-refractivity contribution in [1.29, 1.82) is 5.26 Å². The highest BCUT2D eigenvalue weighted by atomic mass is 16.1. The van der Waals surface area contributed by atoms with Gasteiger partial charge in [0.2, 0.25) is 0 Å². The number of aromatic nitrogens is 4. The first kappa shape index (κ1) is 12.7. The molecule has 0 spiro atoms. The molecule has 0 aliphatic carbocycles. The Kier molecular flexibility index (Phi) is 3.83. The summed E-state index contributed by atoms with van der Waals surface area (Å²) in [5.41, 5.74) is 0.715. The molecule has 0 aliphatic rings. The van der Waals surface area contributed by atoms with Crippen LogP contribution in [-0.2, 0) is 13.5 Å². The lowest BCUT2D eigenvalue weighted by molar-refractivity contribution is 0.0949. The second-order valence-corrected chi connectivity index (χ2v) is 3.91. The van der Waals surface area contributed by atoms with E-state index in [1.807, 2.05) is 13.1 Å². The Bertz CT molecular complexity index is 610. The van der Waals surface area contributed by atoms with Crippen molar-refractivity contribution in [2.24, 2.45) is 7.05 Å². The third-order valence-corrected chi connectivity index (χ3v) is 2.56. The summed E-state index contributed by atoms with van der Waals surface area (Å²) in [5.74, 6) is 0.528. The Morgan fingerprint density at radius 1 is 1.53 bits per heavy atom. The second-order valence-electron chi connectivity index (χ2n) is 3.91. The molecule has 0 bridgehead atoms. The Morgan fingerprint density at radius 2 is 2.37 bits per heavy atom. The van der Waals surface area contributed by atoms with Gasteiger partial charge in [-0.2, -0.15) is 5.26 Å². The van der Waals surface area contributed by atoms with E-state index in [0.717, 1.165) is 5.82 Å². The van der Waals surface area contributed by atoms with E-state index in [4.69, 9.17) is 5.26 Å². The number of nitrogens with one attached hydrogen (secondary N) is 1. The molecule has 1 amide bonds. The van der Waals surface area contributed by atoms with E-state index in [1.165, 1.54) is 12.3 Å². The Labute approximate surface area is 109 Å². The molecule has 19 heavy (non-hydrogen) atoms. The molecule has 0 fully saturated rings. The first-order chi connectivity index (χ1) is 9.20. The Morgan fingerprint density at radius 3 is 2.95 bits per heavy atom. The summed E-state index contributed by atoms with van der Waals surface area (Å²) in [7, 11) is 1.85. The lowest BCUT2D eigenvalue weighted by atomic mass is 10.2. The van der Waals surface area contributed by atoms with E-state index in [1.54, 1.807) is 17.0 Å². The molecule has 96 valence electrons. The normalized spacial score (nSPS) is 9.89. The van der Waals surface area contributed by atoms with Gasteiger partial charge in [-0.15, -0.1) is 10.2 Å². The fourth-order valence-corrected chi connectivity index (χ4v) is 1.51. The minimum absolute atomic E-state index is 0.272. The van der Waals surface area contributed by atoms with E-state index in [2.05, 4.69) is 20.5 Å². The van der Waals surface area contributed by atoms with Crippen LogP contribution < -0.4 is 5.32 Å². The molecule has 7 nitrogen and oxygen atoms in total. The van der Waals surface area contributed by atoms with Crippen LogP contribution in [-0.4, -0.2) is 32.2 Å². The lowest BCUT2D eigenvalue weighted by Crippen LogP contribution is -2.27. The van der Waals surface area contributed by atoms with Crippen LogP contribution in [0.3, 0.4) is 0 Å². The highest BCUT2D eigenvalue weighted by Crippen LogP contribution is 1.99. The predicted molar refractivity (Wildman–Crippen MR) is 66.0 cm³/mol. The van der Waals surface area contributed by atoms with Crippen LogP contribution in [0.4, 0.5) is 0 Å². The molecule has 7 heteroatoms. The summed E-state index contributed by atoms with van der Waals surface area (Å²) in [6, 6.07) is 5.03. The minimum Gasteiger partial charge on any atom is -0.350 e. The maximum atomic E-state index is 11.8. The molecule has 0 unspecified atom stereocenters. The number of hydrogen-bond donors (Lipinski definition) is 1. The number of aryl methyl sites for hydroxylation is 1. The molecule has 2 aromatic heterocycles. The number of nitrogens with zero attached hydrogens (tertiary/aromatic N) is 5. The number of hydrogen-bond acceptors (Lipinski definition) is 5. The summed E-state index contributed by atoms with van der Waals surface area (Å²) < 4.78 is 1.80. The van der Waals surface area contributed by atoms with Crippen molar-refractivity contribution in [2.45, 2.75) is 6.42 Å². The van der Waals surface area contributed by atoms with Gasteiger partial charge in [0.1, 0.15) is 23.9 Å². The van der Waals surface area contributed by atoms with Crippen LogP contribution in [0, 0.1) is 11.3 Å². The monoisotopic (exact) mass is 256 g/mol. The van der Waals surface area contributed by atoms with Gasteiger partial charge in [0.05, 0.1) is 5.56 Å². The predicted octanol–water partition coefficient (Wildman–Crippen LogP) is 0.0543. The average molecular weight is 256 g/mol. The molecule has 2 rings (SSSR count). The number of pyridine rings is 1. The van der Waals surface area contributed by atoms with Crippen LogP contribution in [0.5, 0.6) is 0 Å². The van der Waals surface area contributed by atoms with Crippen molar-refractivity contribution >= 4 is 5.91 Å². The van der Waals surface area contributed by atoms with Gasteiger partial charge in [-0.25, -0.2) is 4.98 Å². The maximum Gasteiger partial charge on any atom is 0.269 e. The molecule has 0 saturated carbocycles. The van der Waals surface area contributed by atoms with Crippen molar-refractivity contribution < 1.29 is 4.79 Å². The van der Waals surface area contributed by atoms with Gasteiger partial charge in [0.15, 0.2) is 0 Å². The van der Waals surface area contributed by atoms with Gasteiger partial charge in [-0.05, 0) is 12.1 Å². The van der Waals surface area contributed by atoms with E-state index in [0.29, 0.717) is 18.5 Å². The fraction of sp³-hybridized carbons (Fsp3) is 0.250. The standard InChI is InChI=1S/C12H12N6O/c1-18-8-16-17-11(18)4-5-14-12(19)10-3-2-9(6-13)7-15-10/h2-3,7-8H,4-5H2,1H3,(H,14,19). The van der Waals surface area contributed by atoms with Gasteiger partial charge in [0, 0.05) is 26.2 Å². The van der Waals surface area contributed by atoms with Crippen LogP contribution in [0.25, 0.3) is 0 Å². The summed E-state index contributed by atoms with van der Waals surface area (Å²) in [5, 5.41) is 19.0. The first-order valence-corrected chi connectivity index (χ1v) is 5.68. The molecule has 0 aromatic carbocycles. The SMILES string of the molecule is Cn1cnnc1CCNC(=O)c1ccc(C#N)cn1. The third kappa shape index (κ3) is 3.13.